The van der Waals surface area contributed by atoms with Gasteiger partial charge in [0.05, 0.1) is 19.8 Å². The van der Waals surface area contributed by atoms with Crippen molar-refractivity contribution in [3.8, 4) is 0 Å². The second kappa shape index (κ2) is 14.3. The number of carbonyl (C=O) groups is 1. The highest BCUT2D eigenvalue weighted by Gasteiger charge is 2.49. The van der Waals surface area contributed by atoms with Crippen LogP contribution in [0.15, 0.2) is 60.7 Å². The quantitative estimate of drug-likeness (QED) is 0.196. The molecule has 0 unspecified atom stereocenters. The first-order valence-corrected chi connectivity index (χ1v) is 14.3. The third kappa shape index (κ3) is 8.40. The molecule has 0 saturated heterocycles. The number of unbranched alkanes of at least 4 members (excludes halogenated alkanes) is 4. The van der Waals surface area contributed by atoms with Crippen molar-refractivity contribution in [2.75, 3.05) is 26.4 Å². The van der Waals surface area contributed by atoms with E-state index in [0.717, 1.165) is 12.8 Å². The Labute approximate surface area is 201 Å². The summed E-state index contributed by atoms with van der Waals surface area (Å²) < 4.78 is 17.8. The summed E-state index contributed by atoms with van der Waals surface area (Å²) in [4.78, 5) is 11.8. The predicted octanol–water partition coefficient (Wildman–Crippen LogP) is 5.48. The van der Waals surface area contributed by atoms with E-state index in [1.807, 2.05) is 12.1 Å². The van der Waals surface area contributed by atoms with Crippen molar-refractivity contribution >= 4 is 24.7 Å². The van der Waals surface area contributed by atoms with Crippen LogP contribution in [0.1, 0.15) is 66.2 Å². The summed E-state index contributed by atoms with van der Waals surface area (Å²) in [5.74, 6) is -0.126. The molecule has 0 fully saturated rings. The van der Waals surface area contributed by atoms with Gasteiger partial charge in [-0.05, 0) is 21.8 Å². The van der Waals surface area contributed by atoms with Crippen LogP contribution >= 0.6 is 0 Å². The van der Waals surface area contributed by atoms with Crippen molar-refractivity contribution < 1.29 is 18.7 Å². The standard InChI is InChI=1S/C28H42O4Si/c1-5-6-7-8-15-20-27(29)31-23-21-30-22-24-32-33(28(2,3)4,25-16-11-9-12-17-25)26-18-13-10-14-19-26/h9-14,16-19H,5-8,15,20-24H2,1-4H3. The largest absolute Gasteiger partial charge is 0.463 e. The number of hydrogen-bond donors (Lipinski definition) is 0. The lowest BCUT2D eigenvalue weighted by molar-refractivity contribution is -0.145. The van der Waals surface area contributed by atoms with Crippen molar-refractivity contribution in [1.82, 2.24) is 0 Å². The van der Waals surface area contributed by atoms with Gasteiger partial charge in [-0.25, -0.2) is 0 Å². The average molecular weight is 471 g/mol. The van der Waals surface area contributed by atoms with Crippen LogP contribution in [0.3, 0.4) is 0 Å². The number of benzene rings is 2. The highest BCUT2D eigenvalue weighted by Crippen LogP contribution is 2.36. The fourth-order valence-corrected chi connectivity index (χ4v) is 8.82. The molecule has 0 aromatic heterocycles. The molecule has 0 saturated carbocycles. The smallest absolute Gasteiger partial charge is 0.305 e. The van der Waals surface area contributed by atoms with E-state index in [4.69, 9.17) is 13.9 Å². The summed E-state index contributed by atoms with van der Waals surface area (Å²) in [5, 5.41) is 2.47. The summed E-state index contributed by atoms with van der Waals surface area (Å²) in [6.45, 7) is 10.6. The van der Waals surface area contributed by atoms with Crippen molar-refractivity contribution in [2.24, 2.45) is 0 Å². The summed E-state index contributed by atoms with van der Waals surface area (Å²) >= 11 is 0. The molecule has 33 heavy (non-hydrogen) atoms. The van der Waals surface area contributed by atoms with E-state index >= 15 is 0 Å². The second-order valence-corrected chi connectivity index (χ2v) is 13.8. The lowest BCUT2D eigenvalue weighted by atomic mass is 10.1. The van der Waals surface area contributed by atoms with Crippen molar-refractivity contribution in [1.29, 1.82) is 0 Å². The summed E-state index contributed by atoms with van der Waals surface area (Å²) in [6.07, 6.45) is 6.14. The number of carbonyl (C=O) groups excluding carboxylic acids is 1. The van der Waals surface area contributed by atoms with Crippen LogP contribution < -0.4 is 10.4 Å². The Hall–Kier alpha value is -1.95. The van der Waals surface area contributed by atoms with Crippen LogP contribution in [0.25, 0.3) is 0 Å². The number of ether oxygens (including phenoxy) is 2. The Morgan fingerprint density at radius 2 is 1.30 bits per heavy atom. The molecule has 2 aromatic rings. The first kappa shape index (κ1) is 27.3. The van der Waals surface area contributed by atoms with Crippen LogP contribution in [0.4, 0.5) is 0 Å². The molecule has 5 heteroatoms. The Balaban J connectivity index is 1.85. The highest BCUT2D eigenvalue weighted by molar-refractivity contribution is 6.99. The first-order valence-electron chi connectivity index (χ1n) is 12.4. The van der Waals surface area contributed by atoms with Gasteiger partial charge in [0.2, 0.25) is 0 Å². The Morgan fingerprint density at radius 3 is 1.85 bits per heavy atom. The van der Waals surface area contributed by atoms with E-state index in [0.29, 0.717) is 32.8 Å². The molecule has 0 aliphatic rings. The summed E-state index contributed by atoms with van der Waals surface area (Å²) in [7, 11) is -2.53. The molecule has 4 nitrogen and oxygen atoms in total. The average Bonchev–Trinajstić information content (AvgIpc) is 2.81. The molecule has 0 radical (unpaired) electrons. The third-order valence-corrected chi connectivity index (χ3v) is 11.0. The van der Waals surface area contributed by atoms with Crippen LogP contribution in [0, 0.1) is 0 Å². The van der Waals surface area contributed by atoms with Crippen molar-refractivity contribution in [3.05, 3.63) is 60.7 Å². The molecule has 0 aliphatic heterocycles. The third-order valence-electron chi connectivity index (χ3n) is 5.94. The van der Waals surface area contributed by atoms with Gasteiger partial charge < -0.3 is 13.9 Å². The molecule has 2 rings (SSSR count). The summed E-state index contributed by atoms with van der Waals surface area (Å²) in [5.41, 5.74) is 0. The fraction of sp³-hybridized carbons (Fsp3) is 0.536. The molecule has 0 heterocycles. The van der Waals surface area contributed by atoms with Crippen LogP contribution in [-0.2, 0) is 18.7 Å². The van der Waals surface area contributed by atoms with Crippen LogP contribution in [0.5, 0.6) is 0 Å². The maximum absolute atomic E-state index is 11.8. The van der Waals surface area contributed by atoms with Gasteiger partial charge in [0, 0.05) is 6.42 Å². The van der Waals surface area contributed by atoms with Gasteiger partial charge in [0.25, 0.3) is 8.32 Å². The summed E-state index contributed by atoms with van der Waals surface area (Å²) in [6, 6.07) is 21.2. The van der Waals surface area contributed by atoms with Gasteiger partial charge in [-0.3, -0.25) is 4.79 Å². The van der Waals surface area contributed by atoms with E-state index in [-0.39, 0.29) is 11.0 Å². The Kier molecular flexibility index (Phi) is 11.9. The molecular weight excluding hydrogens is 428 g/mol. The minimum atomic E-state index is -2.53. The van der Waals surface area contributed by atoms with Gasteiger partial charge in [-0.15, -0.1) is 0 Å². The van der Waals surface area contributed by atoms with Gasteiger partial charge >= 0.3 is 5.97 Å². The molecule has 0 bridgehead atoms. The van der Waals surface area contributed by atoms with Gasteiger partial charge in [0.15, 0.2) is 0 Å². The fourth-order valence-electron chi connectivity index (χ4n) is 4.28. The van der Waals surface area contributed by atoms with Crippen molar-refractivity contribution in [2.45, 2.75) is 71.3 Å². The predicted molar refractivity (Wildman–Crippen MR) is 139 cm³/mol. The normalized spacial score (nSPS) is 12.0. The molecule has 182 valence electrons. The van der Waals surface area contributed by atoms with Crippen LogP contribution in [-0.4, -0.2) is 40.7 Å². The SMILES string of the molecule is CCCCCCCC(=O)OCCOCCO[Si](c1ccccc1)(c1ccccc1)C(C)(C)C. The van der Waals surface area contributed by atoms with E-state index in [9.17, 15) is 4.79 Å². The Bertz CT molecular complexity index is 747. The first-order chi connectivity index (χ1) is 15.9. The molecule has 0 aliphatic carbocycles. The number of hydrogen-bond acceptors (Lipinski definition) is 4. The second-order valence-electron chi connectivity index (χ2n) is 9.51. The van der Waals surface area contributed by atoms with Crippen molar-refractivity contribution in [3.63, 3.8) is 0 Å². The van der Waals surface area contributed by atoms with Gasteiger partial charge in [-0.1, -0.05) is 114 Å². The Morgan fingerprint density at radius 1 is 0.758 bits per heavy atom. The van der Waals surface area contributed by atoms with Gasteiger partial charge in [-0.2, -0.15) is 0 Å². The maximum atomic E-state index is 11.8. The molecule has 0 atom stereocenters. The maximum Gasteiger partial charge on any atom is 0.305 e. The molecular formula is C28H42O4Si. The minimum absolute atomic E-state index is 0.0532. The zero-order chi connectivity index (χ0) is 24.0. The van der Waals surface area contributed by atoms with E-state index in [1.165, 1.54) is 29.6 Å². The molecule has 0 N–H and O–H groups in total. The topological polar surface area (TPSA) is 44.8 Å². The monoisotopic (exact) mass is 470 g/mol. The number of rotatable bonds is 15. The van der Waals surface area contributed by atoms with Gasteiger partial charge in [0.1, 0.15) is 6.61 Å². The lowest BCUT2D eigenvalue weighted by Crippen LogP contribution is -2.66. The van der Waals surface area contributed by atoms with E-state index < -0.39 is 8.32 Å². The number of esters is 1. The molecule has 2 aromatic carbocycles. The zero-order valence-corrected chi connectivity index (χ0v) is 22.0. The highest BCUT2D eigenvalue weighted by atomic mass is 28.4. The molecule has 0 spiro atoms. The minimum Gasteiger partial charge on any atom is -0.463 e. The molecule has 0 amide bonds. The van der Waals surface area contributed by atoms with E-state index in [1.54, 1.807) is 0 Å². The van der Waals surface area contributed by atoms with Crippen LogP contribution in [0.2, 0.25) is 5.04 Å². The zero-order valence-electron chi connectivity index (χ0n) is 21.0. The lowest BCUT2D eigenvalue weighted by Gasteiger charge is -2.43. The van der Waals surface area contributed by atoms with E-state index in [2.05, 4.69) is 76.2 Å².